The van der Waals surface area contributed by atoms with Crippen molar-refractivity contribution in [3.8, 4) is 11.3 Å². The third kappa shape index (κ3) is 3.87. The van der Waals surface area contributed by atoms with Crippen LogP contribution in [0, 0.1) is 5.41 Å². The van der Waals surface area contributed by atoms with Crippen LogP contribution in [0.2, 0.25) is 0 Å². The molecule has 166 valence electrons. The number of hydrogen-bond acceptors (Lipinski definition) is 0. The van der Waals surface area contributed by atoms with Crippen LogP contribution in [-0.4, -0.2) is 7.77 Å². The first-order valence-corrected chi connectivity index (χ1v) is 14.9. The molecule has 1 unspecified atom stereocenters. The fourth-order valence-electron chi connectivity index (χ4n) is 5.49. The molecule has 0 saturated carbocycles. The largest absolute Gasteiger partial charge is 1.00 e. The second-order valence-electron chi connectivity index (χ2n) is 10.1. The standard InChI is InChI=1S/C16H12N.C9H13.C3H6.2ClH.Zr/c1-17-15-9-5-4-8-13(15)14-10-11-6-2-3-7-12(11)16(14)17;1-9(2,3)8-6-4-5-7-8;1-3-2;;;/h2-10H,1H3;6-7H,4H2,1-3H3;1-2H3;2*1H;/q;;;;;+2/p-2. The first-order valence-electron chi connectivity index (χ1n) is 11.0. The summed E-state index contributed by atoms with van der Waals surface area (Å²) in [7, 11) is 2.25. The van der Waals surface area contributed by atoms with Crippen molar-refractivity contribution in [3.05, 3.63) is 80.7 Å². The molecule has 1 nitrogen and oxygen atoms in total. The number of halogens is 2. The average Bonchev–Trinajstić information content (AvgIpc) is 3.38. The van der Waals surface area contributed by atoms with Gasteiger partial charge in [-0.2, -0.15) is 0 Å². The number of nitrogens with zero attached hydrogens (tertiary/aromatic N) is 1. The Bertz CT molecular complexity index is 1280. The Morgan fingerprint density at radius 2 is 1.62 bits per heavy atom. The molecule has 0 radical (unpaired) electrons. The average molecular weight is 544 g/mol. The summed E-state index contributed by atoms with van der Waals surface area (Å²) in [6, 6.07) is 18.2. The van der Waals surface area contributed by atoms with Crippen LogP contribution in [0.1, 0.15) is 55.8 Å². The maximum absolute atomic E-state index is 2.59. The number of allylic oxidation sites excluding steroid dienone is 4. The zero-order valence-corrected chi connectivity index (χ0v) is 23.7. The molecule has 0 saturated heterocycles. The van der Waals surface area contributed by atoms with E-state index in [0.717, 1.165) is 6.42 Å². The van der Waals surface area contributed by atoms with Gasteiger partial charge >= 0.3 is 189 Å². The molecule has 5 rings (SSSR count). The molecule has 1 aromatic heterocycles. The zero-order valence-electron chi connectivity index (χ0n) is 19.8. The summed E-state index contributed by atoms with van der Waals surface area (Å²) < 4.78 is 6.49. The van der Waals surface area contributed by atoms with Gasteiger partial charge in [-0.05, 0) is 0 Å². The summed E-state index contributed by atoms with van der Waals surface area (Å²) in [5, 5.41) is 1.46. The second-order valence-corrected chi connectivity index (χ2v) is 17.5. The molecule has 32 heavy (non-hydrogen) atoms. The van der Waals surface area contributed by atoms with E-state index in [-0.39, 0.29) is 30.2 Å². The van der Waals surface area contributed by atoms with Crippen LogP contribution in [0.5, 0.6) is 0 Å². The Hall–Kier alpha value is -1.21. The zero-order chi connectivity index (χ0) is 21.2. The number of benzene rings is 2. The predicted molar refractivity (Wildman–Crippen MR) is 127 cm³/mol. The van der Waals surface area contributed by atoms with E-state index < -0.39 is 21.3 Å². The van der Waals surface area contributed by atoms with E-state index in [0.29, 0.717) is 3.63 Å². The summed E-state index contributed by atoms with van der Waals surface area (Å²) in [6.07, 6.45) is 6.25. The van der Waals surface area contributed by atoms with Crippen molar-refractivity contribution in [2.24, 2.45) is 12.5 Å². The van der Waals surface area contributed by atoms with Gasteiger partial charge in [0.2, 0.25) is 0 Å². The fourth-order valence-corrected chi connectivity index (χ4v) is 13.8. The van der Waals surface area contributed by atoms with Crippen LogP contribution in [0.3, 0.4) is 0 Å². The van der Waals surface area contributed by atoms with Crippen LogP contribution >= 0.6 is 0 Å². The van der Waals surface area contributed by atoms with E-state index in [4.69, 9.17) is 0 Å². The predicted octanol–water partition coefficient (Wildman–Crippen LogP) is 1.35. The van der Waals surface area contributed by atoms with Gasteiger partial charge in [0.15, 0.2) is 0 Å². The molecule has 4 heteroatoms. The molecule has 1 heterocycles. The molecular formula is C28H31Cl2NZr. The van der Waals surface area contributed by atoms with Gasteiger partial charge < -0.3 is 24.8 Å². The van der Waals surface area contributed by atoms with Crippen LogP contribution in [0.4, 0.5) is 0 Å². The Morgan fingerprint density at radius 1 is 0.969 bits per heavy atom. The molecule has 3 aromatic rings. The van der Waals surface area contributed by atoms with E-state index in [1.807, 2.05) is 0 Å². The number of hydrogen-bond donors (Lipinski definition) is 0. The molecule has 1 atom stereocenters. The van der Waals surface area contributed by atoms with Gasteiger partial charge in [0.1, 0.15) is 0 Å². The number of rotatable bonds is 2. The summed E-state index contributed by atoms with van der Waals surface area (Å²) >= 11 is -2.13. The monoisotopic (exact) mass is 541 g/mol. The first kappa shape index (κ1) is 25.4. The van der Waals surface area contributed by atoms with Crippen molar-refractivity contribution in [1.29, 1.82) is 0 Å². The number of aromatic nitrogens is 1. The smallest absolute Gasteiger partial charge is 1.00 e. The number of para-hydroxylation sites is 1. The molecule has 2 aliphatic carbocycles. The van der Waals surface area contributed by atoms with Gasteiger partial charge in [0.05, 0.1) is 0 Å². The minimum atomic E-state index is -2.13. The minimum absolute atomic E-state index is 0. The first-order chi connectivity index (χ1) is 14.3. The van der Waals surface area contributed by atoms with E-state index in [9.17, 15) is 0 Å². The van der Waals surface area contributed by atoms with Gasteiger partial charge in [0, 0.05) is 0 Å². The van der Waals surface area contributed by atoms with Gasteiger partial charge in [-0.15, -0.1) is 0 Å². The quantitative estimate of drug-likeness (QED) is 0.460. The summed E-state index contributed by atoms with van der Waals surface area (Å²) in [6.45, 7) is 11.9. The van der Waals surface area contributed by atoms with E-state index in [1.165, 1.54) is 27.7 Å². The van der Waals surface area contributed by atoms with Crippen LogP contribution in [0.15, 0.2) is 69.5 Å². The fraction of sp³-hybridized carbons (Fsp3) is 0.321. The Labute approximate surface area is 212 Å². The minimum Gasteiger partial charge on any atom is -1.00 e. The van der Waals surface area contributed by atoms with E-state index in [2.05, 4.69) is 107 Å². The second kappa shape index (κ2) is 9.21. The van der Waals surface area contributed by atoms with Gasteiger partial charge in [-0.1, -0.05) is 0 Å². The normalized spacial score (nSPS) is 16.2. The maximum Gasteiger partial charge on any atom is -1.00 e. The van der Waals surface area contributed by atoms with Crippen molar-refractivity contribution < 1.29 is 46.1 Å². The maximum atomic E-state index is 2.59. The molecule has 0 spiro atoms. The van der Waals surface area contributed by atoms with Crippen LogP contribution in [0.25, 0.3) is 22.2 Å². The molecular weight excluding hydrogens is 512 g/mol. The van der Waals surface area contributed by atoms with Crippen molar-refractivity contribution in [2.45, 2.75) is 44.7 Å². The van der Waals surface area contributed by atoms with Gasteiger partial charge in [0.25, 0.3) is 0 Å². The van der Waals surface area contributed by atoms with E-state index in [1.54, 1.807) is 17.6 Å². The Kier molecular flexibility index (Phi) is 7.31. The van der Waals surface area contributed by atoms with Gasteiger partial charge in [-0.3, -0.25) is 0 Å². The van der Waals surface area contributed by atoms with Crippen LogP contribution < -0.4 is 24.8 Å². The molecule has 0 fully saturated rings. The Morgan fingerprint density at radius 3 is 2.28 bits per heavy atom. The molecule has 0 amide bonds. The van der Waals surface area contributed by atoms with Gasteiger partial charge in [-0.25, -0.2) is 0 Å². The summed E-state index contributed by atoms with van der Waals surface area (Å²) in [5.41, 5.74) is 9.22. The molecule has 0 bridgehead atoms. The van der Waals surface area contributed by atoms with Crippen LogP contribution in [-0.2, 0) is 28.3 Å². The number of aryl methyl sites for hydroxylation is 1. The third-order valence-corrected chi connectivity index (χ3v) is 15.0. The van der Waals surface area contributed by atoms with E-state index >= 15 is 0 Å². The SMILES string of the molecule is C[C](C)=[Zr+2]([C]1=CC(C(C)(C)C)=CC1)[CH]1c2ccccc2-c2c1c1ccccc1n2C.[Cl-].[Cl-]. The summed E-state index contributed by atoms with van der Waals surface area (Å²) in [5.74, 6) is 0. The Balaban J connectivity index is 0.00000144. The van der Waals surface area contributed by atoms with Crippen molar-refractivity contribution >= 4 is 14.1 Å². The molecule has 2 aromatic carbocycles. The third-order valence-electron chi connectivity index (χ3n) is 6.87. The van der Waals surface area contributed by atoms with Crippen molar-refractivity contribution in [1.82, 2.24) is 4.57 Å². The van der Waals surface area contributed by atoms with Crippen molar-refractivity contribution in [3.63, 3.8) is 0 Å². The van der Waals surface area contributed by atoms with Crippen molar-refractivity contribution in [2.75, 3.05) is 0 Å². The molecule has 0 aliphatic heterocycles. The summed E-state index contributed by atoms with van der Waals surface area (Å²) in [4.78, 5) is 0. The molecule has 2 aliphatic rings. The molecule has 0 N–H and O–H groups in total. The topological polar surface area (TPSA) is 4.93 Å². The number of fused-ring (bicyclic) bond motifs is 5.